The second-order valence-corrected chi connectivity index (χ2v) is 5.18. The quantitative estimate of drug-likeness (QED) is 0.879. The maximum absolute atomic E-state index is 13.2. The average molecular weight is 279 g/mol. The van der Waals surface area contributed by atoms with Gasteiger partial charge in [-0.25, -0.2) is 4.39 Å². The highest BCUT2D eigenvalue weighted by Crippen LogP contribution is 2.27. The summed E-state index contributed by atoms with van der Waals surface area (Å²) < 4.78 is 13.2. The molecule has 2 rings (SSSR count). The summed E-state index contributed by atoms with van der Waals surface area (Å²) in [5.74, 6) is -0.345. The van der Waals surface area contributed by atoms with Crippen molar-refractivity contribution in [1.82, 2.24) is 0 Å². The Hall–Kier alpha value is -1.38. The van der Waals surface area contributed by atoms with Crippen molar-refractivity contribution < 1.29 is 9.50 Å². The van der Waals surface area contributed by atoms with Crippen LogP contribution in [0.3, 0.4) is 0 Å². The predicted molar refractivity (Wildman–Crippen MR) is 75.7 cm³/mol. The molecule has 2 aromatic carbocycles. The van der Waals surface area contributed by atoms with Crippen LogP contribution >= 0.6 is 11.6 Å². The van der Waals surface area contributed by atoms with Crippen LogP contribution in [0.4, 0.5) is 4.39 Å². The van der Waals surface area contributed by atoms with E-state index in [2.05, 4.69) is 0 Å². The molecule has 19 heavy (non-hydrogen) atoms. The van der Waals surface area contributed by atoms with Crippen LogP contribution in [0.1, 0.15) is 24.2 Å². The third-order valence-corrected chi connectivity index (χ3v) is 3.60. The van der Waals surface area contributed by atoms with Crippen LogP contribution < -0.4 is 0 Å². The first-order valence-corrected chi connectivity index (χ1v) is 6.62. The fourth-order valence-electron chi connectivity index (χ4n) is 2.14. The predicted octanol–water partition coefficient (Wildman–Crippen LogP) is 4.39. The summed E-state index contributed by atoms with van der Waals surface area (Å²) in [5, 5.41) is 10.8. The Morgan fingerprint density at radius 1 is 1.16 bits per heavy atom. The van der Waals surface area contributed by atoms with Crippen molar-refractivity contribution in [2.24, 2.45) is 5.92 Å². The summed E-state index contributed by atoms with van der Waals surface area (Å²) in [4.78, 5) is 0. The summed E-state index contributed by atoms with van der Waals surface area (Å²) in [6.07, 6.45) is -0.0485. The Labute approximate surface area is 117 Å². The first kappa shape index (κ1) is 14.0. The van der Waals surface area contributed by atoms with Crippen molar-refractivity contribution in [2.75, 3.05) is 0 Å². The van der Waals surface area contributed by atoms with Gasteiger partial charge < -0.3 is 5.11 Å². The van der Waals surface area contributed by atoms with Crippen molar-refractivity contribution in [3.8, 4) is 0 Å². The first-order valence-electron chi connectivity index (χ1n) is 6.25. The summed E-state index contributed by atoms with van der Waals surface area (Å²) in [5.41, 5.74) is 1.59. The Bertz CT molecular complexity index is 542. The molecule has 0 fully saturated rings. The van der Waals surface area contributed by atoms with E-state index in [0.717, 1.165) is 11.1 Å². The van der Waals surface area contributed by atoms with E-state index < -0.39 is 6.10 Å². The Morgan fingerprint density at radius 2 is 1.84 bits per heavy atom. The SMILES string of the molecule is CC(Cc1cc(F)ccc1Cl)C(O)c1ccccc1. The summed E-state index contributed by atoms with van der Waals surface area (Å²) >= 11 is 6.04. The largest absolute Gasteiger partial charge is 0.388 e. The van der Waals surface area contributed by atoms with Gasteiger partial charge in [-0.3, -0.25) is 0 Å². The zero-order valence-corrected chi connectivity index (χ0v) is 11.4. The molecule has 0 aliphatic rings. The van der Waals surface area contributed by atoms with Crippen molar-refractivity contribution in [1.29, 1.82) is 0 Å². The monoisotopic (exact) mass is 278 g/mol. The van der Waals surface area contributed by atoms with Gasteiger partial charge in [0.25, 0.3) is 0 Å². The van der Waals surface area contributed by atoms with Crippen LogP contribution in [0, 0.1) is 11.7 Å². The Morgan fingerprint density at radius 3 is 2.53 bits per heavy atom. The molecule has 0 aliphatic heterocycles. The highest BCUT2D eigenvalue weighted by Gasteiger charge is 2.18. The van der Waals surface area contributed by atoms with Gasteiger partial charge in [-0.15, -0.1) is 0 Å². The number of halogens is 2. The maximum atomic E-state index is 13.2. The van der Waals surface area contributed by atoms with E-state index in [1.165, 1.54) is 12.1 Å². The van der Waals surface area contributed by atoms with Crippen molar-refractivity contribution in [3.05, 3.63) is 70.5 Å². The minimum atomic E-state index is -0.583. The van der Waals surface area contributed by atoms with E-state index in [-0.39, 0.29) is 11.7 Å². The molecule has 0 spiro atoms. The van der Waals surface area contributed by atoms with E-state index in [1.54, 1.807) is 6.07 Å². The second-order valence-electron chi connectivity index (χ2n) is 4.77. The van der Waals surface area contributed by atoms with Crippen LogP contribution in [0.2, 0.25) is 5.02 Å². The van der Waals surface area contributed by atoms with Crippen molar-refractivity contribution >= 4 is 11.6 Å². The van der Waals surface area contributed by atoms with E-state index >= 15 is 0 Å². The molecule has 0 heterocycles. The zero-order valence-electron chi connectivity index (χ0n) is 10.7. The van der Waals surface area contributed by atoms with Gasteiger partial charge in [-0.05, 0) is 41.7 Å². The number of aliphatic hydroxyl groups excluding tert-OH is 1. The van der Waals surface area contributed by atoms with Gasteiger partial charge in [0, 0.05) is 5.02 Å². The van der Waals surface area contributed by atoms with Crippen LogP contribution in [0.5, 0.6) is 0 Å². The summed E-state index contributed by atoms with van der Waals surface area (Å²) in [6.45, 7) is 1.93. The highest BCUT2D eigenvalue weighted by molar-refractivity contribution is 6.31. The number of rotatable bonds is 4. The molecule has 0 radical (unpaired) electrons. The molecule has 1 nitrogen and oxygen atoms in total. The minimum absolute atomic E-state index is 0.0401. The number of benzene rings is 2. The molecule has 0 saturated carbocycles. The molecule has 2 unspecified atom stereocenters. The van der Waals surface area contributed by atoms with Gasteiger partial charge in [0.1, 0.15) is 5.82 Å². The normalized spacial score (nSPS) is 14.1. The Kier molecular flexibility index (Phi) is 4.56. The topological polar surface area (TPSA) is 20.2 Å². The molecule has 1 N–H and O–H groups in total. The fourth-order valence-corrected chi connectivity index (χ4v) is 2.33. The van der Waals surface area contributed by atoms with Gasteiger partial charge in [-0.2, -0.15) is 0 Å². The Balaban J connectivity index is 2.12. The second kappa shape index (κ2) is 6.18. The first-order chi connectivity index (χ1) is 9.08. The molecular weight excluding hydrogens is 263 g/mol. The molecule has 0 aliphatic carbocycles. The van der Waals surface area contributed by atoms with Crippen LogP contribution in [0.25, 0.3) is 0 Å². The summed E-state index contributed by atoms with van der Waals surface area (Å²) in [7, 11) is 0. The maximum Gasteiger partial charge on any atom is 0.123 e. The van der Waals surface area contributed by atoms with Crippen molar-refractivity contribution in [2.45, 2.75) is 19.4 Å². The molecule has 2 aromatic rings. The van der Waals surface area contributed by atoms with Gasteiger partial charge >= 0.3 is 0 Å². The lowest BCUT2D eigenvalue weighted by Gasteiger charge is -2.19. The highest BCUT2D eigenvalue weighted by atomic mass is 35.5. The third-order valence-electron chi connectivity index (χ3n) is 3.23. The number of hydrogen-bond donors (Lipinski definition) is 1. The molecule has 100 valence electrons. The molecule has 0 saturated heterocycles. The average Bonchev–Trinajstić information content (AvgIpc) is 2.43. The van der Waals surface area contributed by atoms with Gasteiger partial charge in [-0.1, -0.05) is 48.9 Å². The standard InChI is InChI=1S/C16H16ClFO/c1-11(16(19)12-5-3-2-4-6-12)9-13-10-14(18)7-8-15(13)17/h2-8,10-11,16,19H,9H2,1H3. The molecule has 0 bridgehead atoms. The summed E-state index contributed by atoms with van der Waals surface area (Å²) in [6, 6.07) is 13.8. The third kappa shape index (κ3) is 3.55. The molecule has 0 aromatic heterocycles. The lowest BCUT2D eigenvalue weighted by Crippen LogP contribution is -2.12. The molecule has 0 amide bonds. The van der Waals surface area contributed by atoms with E-state index in [0.29, 0.717) is 11.4 Å². The van der Waals surface area contributed by atoms with Gasteiger partial charge in [0.2, 0.25) is 0 Å². The van der Waals surface area contributed by atoms with Crippen LogP contribution in [-0.2, 0) is 6.42 Å². The fraction of sp³-hybridized carbons (Fsp3) is 0.250. The van der Waals surface area contributed by atoms with E-state index in [9.17, 15) is 9.50 Å². The van der Waals surface area contributed by atoms with Crippen LogP contribution in [-0.4, -0.2) is 5.11 Å². The lowest BCUT2D eigenvalue weighted by atomic mass is 9.91. The number of aliphatic hydroxyl groups is 1. The number of hydrogen-bond acceptors (Lipinski definition) is 1. The molecular formula is C16H16ClFO. The smallest absolute Gasteiger partial charge is 0.123 e. The van der Waals surface area contributed by atoms with E-state index in [1.807, 2.05) is 37.3 Å². The zero-order chi connectivity index (χ0) is 13.8. The molecule has 2 atom stereocenters. The minimum Gasteiger partial charge on any atom is -0.388 e. The van der Waals surface area contributed by atoms with Gasteiger partial charge in [0.05, 0.1) is 6.10 Å². The van der Waals surface area contributed by atoms with Crippen LogP contribution in [0.15, 0.2) is 48.5 Å². The van der Waals surface area contributed by atoms with Crippen molar-refractivity contribution in [3.63, 3.8) is 0 Å². The van der Waals surface area contributed by atoms with Gasteiger partial charge in [0.15, 0.2) is 0 Å². The molecule has 3 heteroatoms. The lowest BCUT2D eigenvalue weighted by molar-refractivity contribution is 0.117. The van der Waals surface area contributed by atoms with E-state index in [4.69, 9.17) is 11.6 Å².